The van der Waals surface area contributed by atoms with Crippen LogP contribution in [0.25, 0.3) is 0 Å². The molecule has 36 heavy (non-hydrogen) atoms. The number of nitrogens with one attached hydrogen (secondary N) is 1. The van der Waals surface area contributed by atoms with Gasteiger partial charge < -0.3 is 20.2 Å². The molecular formula is C23H25FN10OS. The van der Waals surface area contributed by atoms with E-state index < -0.39 is 6.10 Å². The van der Waals surface area contributed by atoms with Gasteiger partial charge in [0.25, 0.3) is 0 Å². The van der Waals surface area contributed by atoms with Crippen LogP contribution in [0.3, 0.4) is 0 Å². The van der Waals surface area contributed by atoms with Crippen molar-refractivity contribution in [1.82, 2.24) is 34.7 Å². The van der Waals surface area contributed by atoms with E-state index >= 15 is 0 Å². The maximum atomic E-state index is 13.9. The number of aromatic nitrogens is 7. The Morgan fingerprint density at radius 3 is 2.44 bits per heavy atom. The molecule has 0 unspecified atom stereocenters. The zero-order valence-corrected chi connectivity index (χ0v) is 20.4. The van der Waals surface area contributed by atoms with Crippen molar-refractivity contribution >= 4 is 35.3 Å². The van der Waals surface area contributed by atoms with Crippen molar-refractivity contribution in [2.24, 2.45) is 0 Å². The van der Waals surface area contributed by atoms with Gasteiger partial charge in [-0.25, -0.2) is 24.3 Å². The van der Waals surface area contributed by atoms with Gasteiger partial charge in [-0.05, 0) is 19.1 Å². The summed E-state index contributed by atoms with van der Waals surface area (Å²) >= 11 is 1.30. The molecule has 0 aliphatic carbocycles. The molecular weight excluding hydrogens is 483 g/mol. The van der Waals surface area contributed by atoms with Gasteiger partial charge in [0.15, 0.2) is 0 Å². The van der Waals surface area contributed by atoms with E-state index in [2.05, 4.69) is 45.1 Å². The van der Waals surface area contributed by atoms with Gasteiger partial charge in [-0.2, -0.15) is 10.1 Å². The van der Waals surface area contributed by atoms with E-state index in [0.29, 0.717) is 55.5 Å². The lowest BCUT2D eigenvalue weighted by atomic mass is 10.3. The van der Waals surface area contributed by atoms with Gasteiger partial charge in [0, 0.05) is 54.6 Å². The number of benzene rings is 1. The first-order valence-corrected chi connectivity index (χ1v) is 12.3. The molecule has 1 atom stereocenters. The Morgan fingerprint density at radius 2 is 1.72 bits per heavy atom. The highest BCUT2D eigenvalue weighted by Gasteiger charge is 2.21. The molecule has 1 aliphatic heterocycles. The molecule has 13 heteroatoms. The summed E-state index contributed by atoms with van der Waals surface area (Å²) in [5, 5.41) is 16.8. The van der Waals surface area contributed by atoms with Crippen molar-refractivity contribution in [2.75, 3.05) is 41.3 Å². The Bertz CT molecular complexity index is 1290. The first-order chi connectivity index (χ1) is 17.5. The zero-order valence-electron chi connectivity index (χ0n) is 19.6. The van der Waals surface area contributed by atoms with Gasteiger partial charge in [-0.1, -0.05) is 23.9 Å². The average Bonchev–Trinajstić information content (AvgIpc) is 3.32. The fourth-order valence-corrected chi connectivity index (χ4v) is 4.49. The fraction of sp³-hybridized carbons (Fsp3) is 0.304. The third-order valence-electron chi connectivity index (χ3n) is 5.42. The highest BCUT2D eigenvalue weighted by molar-refractivity contribution is 7.99. The Morgan fingerprint density at radius 1 is 1.00 bits per heavy atom. The third-order valence-corrected chi connectivity index (χ3v) is 6.42. The third kappa shape index (κ3) is 5.86. The Hall–Kier alpha value is -3.84. The molecule has 4 aromatic rings. The van der Waals surface area contributed by atoms with E-state index in [1.165, 1.54) is 24.2 Å². The first-order valence-electron chi connectivity index (χ1n) is 11.4. The maximum absolute atomic E-state index is 13.9. The average molecular weight is 509 g/mol. The number of piperazine rings is 1. The van der Waals surface area contributed by atoms with Crippen LogP contribution in [0, 0.1) is 5.82 Å². The van der Waals surface area contributed by atoms with E-state index in [1.807, 2.05) is 0 Å². The summed E-state index contributed by atoms with van der Waals surface area (Å²) in [6.07, 6.45) is 7.88. The van der Waals surface area contributed by atoms with Crippen LogP contribution in [0.4, 0.5) is 27.9 Å². The molecule has 2 N–H and O–H groups in total. The molecule has 5 rings (SSSR count). The summed E-state index contributed by atoms with van der Waals surface area (Å²) in [5.41, 5.74) is 0.728. The molecule has 1 saturated heterocycles. The lowest BCUT2D eigenvalue weighted by Crippen LogP contribution is -2.47. The number of halogens is 1. The van der Waals surface area contributed by atoms with Crippen LogP contribution in [0.2, 0.25) is 0 Å². The molecule has 4 heterocycles. The monoisotopic (exact) mass is 508 g/mol. The lowest BCUT2D eigenvalue weighted by molar-refractivity contribution is 0.168. The normalized spacial score (nSPS) is 14.6. The second kappa shape index (κ2) is 10.8. The minimum atomic E-state index is -0.485. The van der Waals surface area contributed by atoms with Crippen molar-refractivity contribution < 1.29 is 9.50 Å². The standard InChI is InChI=1S/C23H25FN10OS/c1-16(35)13-34-14-17(10-29-34)30-21-27-15-28-23(31-21)33-8-6-32(7-9-33)22-25-11-18(12-26-22)36-20-5-3-2-4-19(20)24/h2-5,10-12,14-16,35H,6-9,13H2,1H3,(H,27,28,30,31)/t16-/m0/s1. The second-order valence-corrected chi connectivity index (χ2v) is 9.37. The van der Waals surface area contributed by atoms with E-state index in [0.717, 1.165) is 10.6 Å². The van der Waals surface area contributed by atoms with Crippen molar-refractivity contribution in [2.45, 2.75) is 29.4 Å². The number of aliphatic hydroxyl groups excluding tert-OH is 1. The second-order valence-electron chi connectivity index (χ2n) is 8.26. The Balaban J connectivity index is 1.17. The molecule has 0 amide bonds. The number of nitrogens with zero attached hydrogens (tertiary/aromatic N) is 9. The van der Waals surface area contributed by atoms with Crippen LogP contribution in [-0.2, 0) is 6.54 Å². The van der Waals surface area contributed by atoms with Crippen LogP contribution in [-0.4, -0.2) is 72.1 Å². The molecule has 0 saturated carbocycles. The number of anilines is 4. The van der Waals surface area contributed by atoms with Crippen molar-refractivity contribution in [1.29, 1.82) is 0 Å². The minimum Gasteiger partial charge on any atom is -0.391 e. The van der Waals surface area contributed by atoms with Crippen molar-refractivity contribution in [3.05, 3.63) is 61.2 Å². The van der Waals surface area contributed by atoms with E-state index in [-0.39, 0.29) is 5.82 Å². The minimum absolute atomic E-state index is 0.259. The number of hydrogen-bond acceptors (Lipinski definition) is 11. The molecule has 0 spiro atoms. The molecule has 1 aromatic carbocycles. The molecule has 11 nitrogen and oxygen atoms in total. The predicted octanol–water partition coefficient (Wildman–Crippen LogP) is 2.60. The molecule has 0 bridgehead atoms. The fourth-order valence-electron chi connectivity index (χ4n) is 3.71. The summed E-state index contributed by atoms with van der Waals surface area (Å²) in [5.74, 6) is 1.39. The van der Waals surface area contributed by atoms with Gasteiger partial charge >= 0.3 is 0 Å². The summed E-state index contributed by atoms with van der Waals surface area (Å²) < 4.78 is 15.5. The number of rotatable bonds is 8. The highest BCUT2D eigenvalue weighted by Crippen LogP contribution is 2.29. The summed E-state index contributed by atoms with van der Waals surface area (Å²) in [6, 6.07) is 6.65. The predicted molar refractivity (Wildman–Crippen MR) is 134 cm³/mol. The highest BCUT2D eigenvalue weighted by atomic mass is 32.2. The lowest BCUT2D eigenvalue weighted by Gasteiger charge is -2.34. The van der Waals surface area contributed by atoms with Crippen molar-refractivity contribution in [3.63, 3.8) is 0 Å². The molecule has 3 aromatic heterocycles. The largest absolute Gasteiger partial charge is 0.391 e. The van der Waals surface area contributed by atoms with E-state index in [1.54, 1.807) is 54.6 Å². The quantitative estimate of drug-likeness (QED) is 0.365. The van der Waals surface area contributed by atoms with Crippen LogP contribution in [0.1, 0.15) is 6.92 Å². The number of aliphatic hydroxyl groups is 1. The van der Waals surface area contributed by atoms with Gasteiger partial charge in [-0.15, -0.1) is 0 Å². The van der Waals surface area contributed by atoms with Gasteiger partial charge in [0.2, 0.25) is 17.8 Å². The molecule has 1 fully saturated rings. The maximum Gasteiger partial charge on any atom is 0.232 e. The van der Waals surface area contributed by atoms with Crippen molar-refractivity contribution in [3.8, 4) is 0 Å². The summed E-state index contributed by atoms with van der Waals surface area (Å²) in [6.45, 7) is 4.93. The van der Waals surface area contributed by atoms with Crippen LogP contribution < -0.4 is 15.1 Å². The van der Waals surface area contributed by atoms with Crippen LogP contribution >= 0.6 is 11.8 Å². The first kappa shape index (κ1) is 23.9. The Labute approximate surface area is 211 Å². The smallest absolute Gasteiger partial charge is 0.232 e. The molecule has 1 aliphatic rings. The van der Waals surface area contributed by atoms with Crippen LogP contribution in [0.5, 0.6) is 0 Å². The molecule has 0 radical (unpaired) electrons. The SMILES string of the molecule is C[C@H](O)Cn1cc(Nc2ncnc(N3CCN(c4ncc(Sc5ccccc5F)cn4)CC3)n2)cn1. The Kier molecular flexibility index (Phi) is 7.18. The molecule has 186 valence electrons. The van der Waals surface area contributed by atoms with E-state index in [9.17, 15) is 9.50 Å². The summed E-state index contributed by atoms with van der Waals surface area (Å²) in [4.78, 5) is 27.6. The summed E-state index contributed by atoms with van der Waals surface area (Å²) in [7, 11) is 0. The van der Waals surface area contributed by atoms with E-state index in [4.69, 9.17) is 0 Å². The number of hydrogen-bond donors (Lipinski definition) is 2. The van der Waals surface area contributed by atoms with Gasteiger partial charge in [0.1, 0.15) is 12.1 Å². The van der Waals surface area contributed by atoms with Crippen LogP contribution in [0.15, 0.2) is 65.2 Å². The topological polar surface area (TPSA) is 121 Å². The zero-order chi connectivity index (χ0) is 24.9. The van der Waals surface area contributed by atoms with Gasteiger partial charge in [-0.3, -0.25) is 4.68 Å². The van der Waals surface area contributed by atoms with Gasteiger partial charge in [0.05, 0.1) is 24.5 Å².